The molecule has 28 heavy (non-hydrogen) atoms. The SMILES string of the molecule is Cc1cccnc1C(=O)N(Cc1cc(=O)[nH]c2ccccc12)c1ccccc1. The predicted molar refractivity (Wildman–Crippen MR) is 110 cm³/mol. The molecule has 0 saturated carbocycles. The van der Waals surface area contributed by atoms with E-state index in [0.29, 0.717) is 5.69 Å². The lowest BCUT2D eigenvalue weighted by atomic mass is 10.1. The van der Waals surface area contributed by atoms with Crippen molar-refractivity contribution < 1.29 is 4.79 Å². The fourth-order valence-electron chi connectivity index (χ4n) is 3.30. The number of rotatable bonds is 4. The Morgan fingerprint density at radius 2 is 1.75 bits per heavy atom. The van der Waals surface area contributed by atoms with E-state index in [0.717, 1.165) is 27.7 Å². The van der Waals surface area contributed by atoms with Crippen LogP contribution in [0.3, 0.4) is 0 Å². The molecule has 2 aromatic carbocycles. The fourth-order valence-corrected chi connectivity index (χ4v) is 3.30. The van der Waals surface area contributed by atoms with Crippen molar-refractivity contribution in [3.63, 3.8) is 0 Å². The normalized spacial score (nSPS) is 10.8. The van der Waals surface area contributed by atoms with Crippen LogP contribution in [0.1, 0.15) is 21.6 Å². The van der Waals surface area contributed by atoms with Gasteiger partial charge in [0.25, 0.3) is 5.91 Å². The molecule has 0 unspecified atom stereocenters. The zero-order chi connectivity index (χ0) is 19.5. The van der Waals surface area contributed by atoms with E-state index in [1.165, 1.54) is 0 Å². The number of pyridine rings is 2. The van der Waals surface area contributed by atoms with Crippen LogP contribution in [0, 0.1) is 6.92 Å². The van der Waals surface area contributed by atoms with Gasteiger partial charge in [0.05, 0.1) is 6.54 Å². The van der Waals surface area contributed by atoms with Crippen LogP contribution in [0.5, 0.6) is 0 Å². The van der Waals surface area contributed by atoms with Crippen LogP contribution < -0.4 is 10.5 Å². The Kier molecular flexibility index (Phi) is 4.72. The number of amides is 1. The second kappa shape index (κ2) is 7.48. The lowest BCUT2D eigenvalue weighted by Crippen LogP contribution is -2.32. The molecule has 2 aromatic heterocycles. The number of hydrogen-bond donors (Lipinski definition) is 1. The molecule has 0 aliphatic heterocycles. The molecule has 5 heteroatoms. The second-order valence-corrected chi connectivity index (χ2v) is 6.60. The number of benzene rings is 2. The number of hydrogen-bond acceptors (Lipinski definition) is 3. The third-order valence-electron chi connectivity index (χ3n) is 4.69. The standard InChI is InChI=1S/C23H19N3O2/c1-16-8-7-13-24-22(16)23(28)26(18-9-3-2-4-10-18)15-17-14-21(27)25-20-12-6-5-11-19(17)20/h2-14H,15H2,1H3,(H,25,27). The van der Waals surface area contributed by atoms with E-state index < -0.39 is 0 Å². The number of nitrogens with one attached hydrogen (secondary N) is 1. The Morgan fingerprint density at radius 1 is 1.00 bits per heavy atom. The maximum absolute atomic E-state index is 13.4. The first kappa shape index (κ1) is 17.7. The van der Waals surface area contributed by atoms with Crippen LogP contribution in [0.15, 0.2) is 83.8 Å². The molecule has 0 atom stereocenters. The zero-order valence-electron chi connectivity index (χ0n) is 15.4. The number of anilines is 1. The molecule has 0 aliphatic rings. The van der Waals surface area contributed by atoms with Gasteiger partial charge in [-0.25, -0.2) is 0 Å². The van der Waals surface area contributed by atoms with Gasteiger partial charge in [-0.1, -0.05) is 42.5 Å². The molecule has 0 radical (unpaired) electrons. The number of aromatic amines is 1. The molecule has 4 rings (SSSR count). The number of para-hydroxylation sites is 2. The second-order valence-electron chi connectivity index (χ2n) is 6.60. The largest absolute Gasteiger partial charge is 0.322 e. The number of fused-ring (bicyclic) bond motifs is 1. The summed E-state index contributed by atoms with van der Waals surface area (Å²) in [5, 5.41) is 0.911. The molecule has 0 saturated heterocycles. The number of aromatic nitrogens is 2. The van der Waals surface area contributed by atoms with Crippen LogP contribution >= 0.6 is 0 Å². The van der Waals surface area contributed by atoms with Gasteiger partial charge in [-0.2, -0.15) is 0 Å². The van der Waals surface area contributed by atoms with Crippen molar-refractivity contribution in [2.75, 3.05) is 4.90 Å². The maximum atomic E-state index is 13.4. The summed E-state index contributed by atoms with van der Waals surface area (Å²) in [5.74, 6) is -0.200. The molecule has 0 aliphatic carbocycles. The summed E-state index contributed by atoms with van der Waals surface area (Å²) in [4.78, 5) is 34.3. The first-order chi connectivity index (χ1) is 13.6. The number of nitrogens with zero attached hydrogens (tertiary/aromatic N) is 2. The van der Waals surface area contributed by atoms with E-state index in [1.807, 2.05) is 73.7 Å². The molecule has 1 amide bonds. The molecule has 0 spiro atoms. The summed E-state index contributed by atoms with van der Waals surface area (Å²) in [6, 6.07) is 22.3. The maximum Gasteiger partial charge on any atom is 0.277 e. The smallest absolute Gasteiger partial charge is 0.277 e. The molecule has 0 bridgehead atoms. The Morgan fingerprint density at radius 3 is 2.54 bits per heavy atom. The molecule has 138 valence electrons. The van der Waals surface area contributed by atoms with Gasteiger partial charge in [-0.15, -0.1) is 0 Å². The van der Waals surface area contributed by atoms with Crippen molar-refractivity contribution in [3.05, 3.63) is 106 Å². The summed E-state index contributed by atoms with van der Waals surface area (Å²) < 4.78 is 0. The Bertz CT molecular complexity index is 1200. The molecule has 2 heterocycles. The molecular weight excluding hydrogens is 350 g/mol. The monoisotopic (exact) mass is 369 g/mol. The highest BCUT2D eigenvalue weighted by Crippen LogP contribution is 2.23. The minimum absolute atomic E-state index is 0.192. The van der Waals surface area contributed by atoms with Gasteiger partial charge in [0.1, 0.15) is 5.69 Å². The van der Waals surface area contributed by atoms with Crippen molar-refractivity contribution in [3.8, 4) is 0 Å². The van der Waals surface area contributed by atoms with Crippen LogP contribution in [-0.2, 0) is 6.54 Å². The van der Waals surface area contributed by atoms with Crippen molar-refractivity contribution in [2.45, 2.75) is 13.5 Å². The minimum atomic E-state index is -0.200. The van der Waals surface area contributed by atoms with E-state index >= 15 is 0 Å². The summed E-state index contributed by atoms with van der Waals surface area (Å²) >= 11 is 0. The zero-order valence-corrected chi connectivity index (χ0v) is 15.4. The summed E-state index contributed by atoms with van der Waals surface area (Å²) in [6.07, 6.45) is 1.62. The van der Waals surface area contributed by atoms with Crippen LogP contribution in [0.4, 0.5) is 5.69 Å². The highest BCUT2D eigenvalue weighted by molar-refractivity contribution is 6.05. The highest BCUT2D eigenvalue weighted by atomic mass is 16.2. The molecule has 5 nitrogen and oxygen atoms in total. The van der Waals surface area contributed by atoms with E-state index in [1.54, 1.807) is 17.2 Å². The van der Waals surface area contributed by atoms with E-state index in [4.69, 9.17) is 0 Å². The van der Waals surface area contributed by atoms with Crippen LogP contribution in [0.25, 0.3) is 10.9 Å². The van der Waals surface area contributed by atoms with E-state index in [9.17, 15) is 9.59 Å². The van der Waals surface area contributed by atoms with Gasteiger partial charge in [0, 0.05) is 28.9 Å². The van der Waals surface area contributed by atoms with Gasteiger partial charge in [0.15, 0.2) is 0 Å². The summed E-state index contributed by atoms with van der Waals surface area (Å²) in [5.41, 5.74) is 3.31. The quantitative estimate of drug-likeness (QED) is 0.589. The van der Waals surface area contributed by atoms with Crippen molar-refractivity contribution >= 4 is 22.5 Å². The summed E-state index contributed by atoms with van der Waals surface area (Å²) in [7, 11) is 0. The van der Waals surface area contributed by atoms with Crippen molar-refractivity contribution in [1.29, 1.82) is 0 Å². The van der Waals surface area contributed by atoms with Crippen molar-refractivity contribution in [1.82, 2.24) is 9.97 Å². The number of H-pyrrole nitrogens is 1. The molecule has 4 aromatic rings. The topological polar surface area (TPSA) is 66.1 Å². The average Bonchev–Trinajstić information content (AvgIpc) is 2.72. The lowest BCUT2D eigenvalue weighted by Gasteiger charge is -2.24. The fraction of sp³-hybridized carbons (Fsp3) is 0.0870. The summed E-state index contributed by atoms with van der Waals surface area (Å²) in [6.45, 7) is 2.13. The van der Waals surface area contributed by atoms with Gasteiger partial charge < -0.3 is 9.88 Å². The van der Waals surface area contributed by atoms with Crippen LogP contribution in [0.2, 0.25) is 0 Å². The molecular formula is C23H19N3O2. The number of aryl methyl sites for hydroxylation is 1. The Balaban J connectivity index is 1.83. The van der Waals surface area contributed by atoms with Crippen LogP contribution in [-0.4, -0.2) is 15.9 Å². The van der Waals surface area contributed by atoms with Gasteiger partial charge in [-0.3, -0.25) is 14.6 Å². The van der Waals surface area contributed by atoms with Gasteiger partial charge >= 0.3 is 0 Å². The van der Waals surface area contributed by atoms with Gasteiger partial charge in [0.2, 0.25) is 5.56 Å². The third-order valence-corrected chi connectivity index (χ3v) is 4.69. The average molecular weight is 369 g/mol. The Labute approximate surface area is 162 Å². The van der Waals surface area contributed by atoms with Gasteiger partial charge in [-0.05, 0) is 42.3 Å². The number of carbonyl (C=O) groups excluding carboxylic acids is 1. The third kappa shape index (κ3) is 3.42. The molecule has 1 N–H and O–H groups in total. The minimum Gasteiger partial charge on any atom is -0.322 e. The molecule has 0 fully saturated rings. The van der Waals surface area contributed by atoms with E-state index in [-0.39, 0.29) is 18.0 Å². The Hall–Kier alpha value is -3.73. The first-order valence-electron chi connectivity index (χ1n) is 9.03. The van der Waals surface area contributed by atoms with E-state index in [2.05, 4.69) is 9.97 Å². The highest BCUT2D eigenvalue weighted by Gasteiger charge is 2.21. The number of carbonyl (C=O) groups is 1. The predicted octanol–water partition coefficient (Wildman–Crippen LogP) is 4.08. The van der Waals surface area contributed by atoms with Crippen molar-refractivity contribution in [2.24, 2.45) is 0 Å². The first-order valence-corrected chi connectivity index (χ1v) is 9.03. The lowest BCUT2D eigenvalue weighted by molar-refractivity contribution is 0.0980.